The molecule has 0 heterocycles. The number of carbonyl (C=O) groups excluding carboxylic acids is 2. The Morgan fingerprint density at radius 2 is 0.841 bits per heavy atom. The molecule has 0 saturated heterocycles. The number of aliphatic carboxylic acids is 1. The van der Waals surface area contributed by atoms with Crippen LogP contribution in [0.3, 0.4) is 0 Å². The number of carboxylic acids is 1. The molecule has 0 N–H and O–H groups in total. The molecule has 0 aromatic heterocycles. The summed E-state index contributed by atoms with van der Waals surface area (Å²) in [5, 5.41) is 11.5. The second-order valence-corrected chi connectivity index (χ2v) is 13.2. The quantitative estimate of drug-likeness (QED) is 0.0307. The van der Waals surface area contributed by atoms with E-state index in [9.17, 15) is 14.7 Å². The summed E-state index contributed by atoms with van der Waals surface area (Å²) in [6.45, 7) is 4.54. The second kappa shape index (κ2) is 35.9. The van der Waals surface area contributed by atoms with Crippen LogP contribution in [0.1, 0.15) is 213 Å². The van der Waals surface area contributed by atoms with E-state index in [1.165, 1.54) is 167 Å². The predicted octanol–water partition coefficient (Wildman–Crippen LogP) is 12.1. The molecule has 0 saturated carbocycles. The number of allylic oxidation sites excluding steroid dienone is 3. The average Bonchev–Trinajstić information content (AvgIpc) is 3.01. The standard InChI is InChI=1S/C40H74O4/c1-3-5-7-9-11-13-15-17-19-21-23-25-27-29-31-33-35-38(40(42)43)37-39(41)44-36-34-32-30-28-26-24-22-20-18-16-14-12-10-8-6-4-2/h31,33-34,36,38H,3-30,32,35,37H2,1-2H3,(H,42,43)/p-1. The summed E-state index contributed by atoms with van der Waals surface area (Å²) in [6.07, 6.45) is 45.4. The number of unbranched alkanes of at least 4 members (excludes halogenated alkanes) is 27. The lowest BCUT2D eigenvalue weighted by molar-refractivity contribution is -0.311. The smallest absolute Gasteiger partial charge is 0.311 e. The molecule has 1 unspecified atom stereocenters. The van der Waals surface area contributed by atoms with Crippen LogP contribution in [0, 0.1) is 5.92 Å². The summed E-state index contributed by atoms with van der Waals surface area (Å²) < 4.78 is 5.14. The first-order valence-corrected chi connectivity index (χ1v) is 19.3. The van der Waals surface area contributed by atoms with Gasteiger partial charge in [-0.25, -0.2) is 0 Å². The Balaban J connectivity index is 3.63. The fourth-order valence-electron chi connectivity index (χ4n) is 5.82. The molecule has 0 aromatic carbocycles. The van der Waals surface area contributed by atoms with Crippen molar-refractivity contribution in [3.05, 3.63) is 24.5 Å². The number of hydrogen-bond acceptors (Lipinski definition) is 4. The molecule has 0 aliphatic heterocycles. The van der Waals surface area contributed by atoms with Crippen LogP contribution in [0.15, 0.2) is 24.5 Å². The monoisotopic (exact) mass is 618 g/mol. The molecule has 0 fully saturated rings. The van der Waals surface area contributed by atoms with Gasteiger partial charge < -0.3 is 14.6 Å². The van der Waals surface area contributed by atoms with E-state index in [1.807, 2.05) is 12.2 Å². The SMILES string of the molecule is CCCCCCCCCCCCCCCC=CCC(CC(=O)OC=CCCCCCCCCCCCCCCCC)C(=O)[O-]. The minimum atomic E-state index is -1.18. The first-order chi connectivity index (χ1) is 21.6. The van der Waals surface area contributed by atoms with Gasteiger partial charge in [-0.3, -0.25) is 4.79 Å². The number of carboxylic acid groups (broad SMARTS) is 1. The molecule has 0 radical (unpaired) electrons. The third kappa shape index (κ3) is 33.3. The molecular formula is C40H73O4-. The highest BCUT2D eigenvalue weighted by molar-refractivity contribution is 5.78. The minimum absolute atomic E-state index is 0.144. The number of ether oxygens (including phenoxy) is 1. The Morgan fingerprint density at radius 3 is 1.20 bits per heavy atom. The molecule has 44 heavy (non-hydrogen) atoms. The van der Waals surface area contributed by atoms with Crippen molar-refractivity contribution < 1.29 is 19.4 Å². The van der Waals surface area contributed by atoms with Gasteiger partial charge in [-0.2, -0.15) is 0 Å². The largest absolute Gasteiger partial charge is 0.550 e. The molecule has 0 amide bonds. The van der Waals surface area contributed by atoms with Crippen LogP contribution in [-0.2, 0) is 14.3 Å². The highest BCUT2D eigenvalue weighted by Crippen LogP contribution is 2.16. The number of rotatable bonds is 35. The third-order valence-electron chi connectivity index (χ3n) is 8.83. The first-order valence-electron chi connectivity index (χ1n) is 19.3. The van der Waals surface area contributed by atoms with Crippen molar-refractivity contribution in [1.82, 2.24) is 0 Å². The maximum absolute atomic E-state index is 12.1. The lowest BCUT2D eigenvalue weighted by Gasteiger charge is -2.14. The zero-order chi connectivity index (χ0) is 32.2. The molecule has 0 aromatic rings. The number of esters is 1. The van der Waals surface area contributed by atoms with Gasteiger partial charge in [0.2, 0.25) is 0 Å². The van der Waals surface area contributed by atoms with Crippen LogP contribution in [-0.4, -0.2) is 11.9 Å². The van der Waals surface area contributed by atoms with Crippen LogP contribution in [0.2, 0.25) is 0 Å². The van der Waals surface area contributed by atoms with Gasteiger partial charge >= 0.3 is 5.97 Å². The van der Waals surface area contributed by atoms with Crippen LogP contribution in [0.5, 0.6) is 0 Å². The third-order valence-corrected chi connectivity index (χ3v) is 8.83. The summed E-state index contributed by atoms with van der Waals surface area (Å²) in [5.74, 6) is -2.51. The fraction of sp³-hybridized carbons (Fsp3) is 0.850. The average molecular weight is 618 g/mol. The van der Waals surface area contributed by atoms with Gasteiger partial charge in [-0.1, -0.05) is 187 Å². The summed E-state index contributed by atoms with van der Waals surface area (Å²) in [5.41, 5.74) is 0. The van der Waals surface area contributed by atoms with Gasteiger partial charge in [-0.05, 0) is 38.2 Å². The van der Waals surface area contributed by atoms with Gasteiger partial charge in [0.15, 0.2) is 0 Å². The molecule has 0 bridgehead atoms. The van der Waals surface area contributed by atoms with Crippen molar-refractivity contribution in [2.24, 2.45) is 5.92 Å². The Morgan fingerprint density at radius 1 is 0.500 bits per heavy atom. The number of hydrogen-bond donors (Lipinski definition) is 0. The van der Waals surface area contributed by atoms with E-state index in [0.29, 0.717) is 6.42 Å². The van der Waals surface area contributed by atoms with E-state index in [-0.39, 0.29) is 6.42 Å². The first kappa shape index (κ1) is 42.4. The fourth-order valence-corrected chi connectivity index (χ4v) is 5.82. The highest BCUT2D eigenvalue weighted by Gasteiger charge is 2.14. The van der Waals surface area contributed by atoms with E-state index < -0.39 is 17.9 Å². The lowest BCUT2D eigenvalue weighted by Crippen LogP contribution is -2.32. The molecule has 0 spiro atoms. The molecule has 258 valence electrons. The maximum atomic E-state index is 12.1. The predicted molar refractivity (Wildman–Crippen MR) is 187 cm³/mol. The van der Waals surface area contributed by atoms with E-state index in [0.717, 1.165) is 25.7 Å². The molecule has 1 atom stereocenters. The van der Waals surface area contributed by atoms with Crippen LogP contribution < -0.4 is 5.11 Å². The van der Waals surface area contributed by atoms with Gasteiger partial charge in [-0.15, -0.1) is 0 Å². The topological polar surface area (TPSA) is 66.4 Å². The lowest BCUT2D eigenvalue weighted by atomic mass is 10.0. The Kier molecular flexibility index (Phi) is 34.6. The van der Waals surface area contributed by atoms with Gasteiger partial charge in [0, 0.05) is 11.9 Å². The molecule has 0 aliphatic carbocycles. The van der Waals surface area contributed by atoms with Crippen molar-refractivity contribution in [2.45, 2.75) is 213 Å². The van der Waals surface area contributed by atoms with E-state index in [1.54, 1.807) is 0 Å². The summed E-state index contributed by atoms with van der Waals surface area (Å²) in [6, 6.07) is 0. The van der Waals surface area contributed by atoms with Crippen molar-refractivity contribution in [3.63, 3.8) is 0 Å². The normalized spacial score (nSPS) is 12.4. The van der Waals surface area contributed by atoms with E-state index in [2.05, 4.69) is 19.9 Å². The van der Waals surface area contributed by atoms with Crippen LogP contribution in [0.25, 0.3) is 0 Å². The zero-order valence-corrected chi connectivity index (χ0v) is 29.4. The van der Waals surface area contributed by atoms with E-state index in [4.69, 9.17) is 4.74 Å². The number of carbonyl (C=O) groups is 2. The van der Waals surface area contributed by atoms with Gasteiger partial charge in [0.25, 0.3) is 0 Å². The second-order valence-electron chi connectivity index (χ2n) is 13.2. The van der Waals surface area contributed by atoms with Crippen molar-refractivity contribution in [2.75, 3.05) is 0 Å². The van der Waals surface area contributed by atoms with Crippen LogP contribution >= 0.6 is 0 Å². The molecule has 4 nitrogen and oxygen atoms in total. The molecule has 4 heteroatoms. The molecule has 0 aliphatic rings. The van der Waals surface area contributed by atoms with Gasteiger partial charge in [0.05, 0.1) is 12.7 Å². The zero-order valence-electron chi connectivity index (χ0n) is 29.4. The highest BCUT2D eigenvalue weighted by atomic mass is 16.5. The van der Waals surface area contributed by atoms with Crippen molar-refractivity contribution >= 4 is 11.9 Å². The molecular weight excluding hydrogens is 544 g/mol. The summed E-state index contributed by atoms with van der Waals surface area (Å²) in [4.78, 5) is 23.6. The maximum Gasteiger partial charge on any atom is 0.311 e. The summed E-state index contributed by atoms with van der Waals surface area (Å²) in [7, 11) is 0. The van der Waals surface area contributed by atoms with Crippen LogP contribution in [0.4, 0.5) is 0 Å². The van der Waals surface area contributed by atoms with Crippen molar-refractivity contribution in [1.29, 1.82) is 0 Å². The van der Waals surface area contributed by atoms with Crippen molar-refractivity contribution in [3.8, 4) is 0 Å². The Hall–Kier alpha value is -1.58. The Labute approximate surface area is 274 Å². The Bertz CT molecular complexity index is 668. The summed E-state index contributed by atoms with van der Waals surface area (Å²) >= 11 is 0. The van der Waals surface area contributed by atoms with Gasteiger partial charge in [0.1, 0.15) is 0 Å². The molecule has 0 rings (SSSR count). The van der Waals surface area contributed by atoms with E-state index >= 15 is 0 Å². The minimum Gasteiger partial charge on any atom is -0.550 e.